The zero-order valence-corrected chi connectivity index (χ0v) is 17.6. The van der Waals surface area contributed by atoms with Gasteiger partial charge in [0.2, 0.25) is 0 Å². The fourth-order valence-corrected chi connectivity index (χ4v) is 4.66. The van der Waals surface area contributed by atoms with Gasteiger partial charge in [-0.25, -0.2) is 0 Å². The number of carboxylic acid groups (broad SMARTS) is 1. The lowest BCUT2D eigenvalue weighted by molar-refractivity contribution is -0.156. The quantitative estimate of drug-likeness (QED) is 0.525. The smallest absolute Gasteiger partial charge is 0.310 e. The molecule has 1 unspecified atom stereocenters. The first kappa shape index (κ1) is 22.5. The van der Waals surface area contributed by atoms with Crippen molar-refractivity contribution in [2.45, 2.75) is 73.1 Å². The van der Waals surface area contributed by atoms with E-state index in [1.807, 2.05) is 39.8 Å². The average molecular weight is 378 g/mol. The molecule has 0 aliphatic heterocycles. The molecule has 1 N–H and O–H groups in total. The summed E-state index contributed by atoms with van der Waals surface area (Å²) in [7, 11) is 1.72. The lowest BCUT2D eigenvalue weighted by Crippen LogP contribution is -2.52. The fourth-order valence-electron chi connectivity index (χ4n) is 4.66. The Morgan fingerprint density at radius 3 is 1.92 bits per heavy atom. The van der Waals surface area contributed by atoms with Crippen molar-refractivity contribution in [3.63, 3.8) is 0 Å². The zero-order chi connectivity index (χ0) is 20.1. The van der Waals surface area contributed by atoms with Gasteiger partial charge >= 0.3 is 5.97 Å². The van der Waals surface area contributed by atoms with Gasteiger partial charge in [0.25, 0.3) is 0 Å². The maximum atomic E-state index is 13.7. The van der Waals surface area contributed by atoms with Crippen LogP contribution < -0.4 is 0 Å². The zero-order valence-electron chi connectivity index (χ0n) is 16.6. The van der Waals surface area contributed by atoms with Crippen LogP contribution in [0.15, 0.2) is 12.1 Å². The van der Waals surface area contributed by atoms with Gasteiger partial charge in [0, 0.05) is 11.0 Å². The molecule has 144 valence electrons. The number of aryl methyl sites for hydroxylation is 3. The summed E-state index contributed by atoms with van der Waals surface area (Å²) in [5.74, 6) is -0.799. The molecule has 1 aromatic carbocycles. The highest BCUT2D eigenvalue weighted by Crippen LogP contribution is 2.54. The minimum absolute atomic E-state index is 0.0453. The summed E-state index contributed by atoms with van der Waals surface area (Å²) in [5.41, 5.74) is 1.99. The molecule has 0 aromatic heterocycles. The van der Waals surface area contributed by atoms with Crippen molar-refractivity contribution in [1.82, 2.24) is 0 Å². The molecule has 0 amide bonds. The summed E-state index contributed by atoms with van der Waals surface area (Å²) in [6.45, 7) is 9.63. The van der Waals surface area contributed by atoms with Crippen LogP contribution in [-0.4, -0.2) is 16.9 Å². The number of hydrogen-bond donors (Lipinski definition) is 1. The van der Waals surface area contributed by atoms with E-state index >= 15 is 0 Å². The first-order valence-electron chi connectivity index (χ1n) is 9.26. The van der Waals surface area contributed by atoms with E-state index in [0.29, 0.717) is 19.3 Å². The molecule has 4 nitrogen and oxygen atoms in total. The van der Waals surface area contributed by atoms with Crippen LogP contribution in [0.5, 0.6) is 0 Å². The summed E-state index contributed by atoms with van der Waals surface area (Å²) in [6, 6.07) is 4.06. The monoisotopic (exact) mass is 378 g/mol. The van der Waals surface area contributed by atoms with Crippen molar-refractivity contribution in [3.8, 4) is 0 Å². The number of carbonyl (C=O) groups excluding carboxylic acids is 1. The van der Waals surface area contributed by atoms with Crippen molar-refractivity contribution >= 4 is 20.9 Å². The maximum absolute atomic E-state index is 13.7. The van der Waals surface area contributed by atoms with Crippen molar-refractivity contribution in [2.24, 2.45) is 10.8 Å². The van der Waals surface area contributed by atoms with E-state index in [0.717, 1.165) is 41.5 Å². The van der Waals surface area contributed by atoms with Crippen LogP contribution in [0, 0.1) is 31.6 Å². The Balaban J connectivity index is 0.00000163. The van der Waals surface area contributed by atoms with E-state index in [-0.39, 0.29) is 5.78 Å². The molecule has 1 aliphatic carbocycles. The standard InChI is InChI=1S/C21H30O3.HOP/c1-6-20(5,19(23)24)21(10-8-7-9-11-21)18(22)17-15(3)12-14(2)13-16(17)4;1-2/h12-13H,6-11H2,1-5H3,(H,23,24);2H. The van der Waals surface area contributed by atoms with E-state index in [1.54, 1.807) is 16.0 Å². The van der Waals surface area contributed by atoms with Gasteiger partial charge in [-0.05, 0) is 58.1 Å². The number of Topliss-reactive ketones (excluding diaryl/α,β-unsaturated/α-hetero) is 1. The first-order chi connectivity index (χ1) is 12.2. The first-order valence-corrected chi connectivity index (χ1v) is 9.67. The molecule has 1 fully saturated rings. The number of carbonyl (C=O) groups is 2. The fraction of sp³-hybridized carbons (Fsp3) is 0.619. The second kappa shape index (κ2) is 8.90. The Morgan fingerprint density at radius 2 is 1.54 bits per heavy atom. The van der Waals surface area contributed by atoms with Crippen molar-refractivity contribution in [3.05, 3.63) is 34.4 Å². The SMILES string of the molecule is CCC(C)(C(=O)O)C1(C(=O)c2c(C)cc(C)cc2C)CCCCC1.O=P. The third kappa shape index (κ3) is 3.76. The lowest BCUT2D eigenvalue weighted by atomic mass is 9.53. The van der Waals surface area contributed by atoms with Gasteiger partial charge in [-0.2, -0.15) is 0 Å². The Labute approximate surface area is 159 Å². The molecule has 0 bridgehead atoms. The molecule has 5 heteroatoms. The highest BCUT2D eigenvalue weighted by molar-refractivity contribution is 7.00. The van der Waals surface area contributed by atoms with E-state index in [1.165, 1.54) is 0 Å². The molecule has 1 saturated carbocycles. The van der Waals surface area contributed by atoms with Gasteiger partial charge in [-0.1, -0.05) is 43.9 Å². The van der Waals surface area contributed by atoms with Gasteiger partial charge in [-0.15, -0.1) is 0 Å². The van der Waals surface area contributed by atoms with E-state index in [2.05, 4.69) is 0 Å². The Morgan fingerprint density at radius 1 is 1.08 bits per heavy atom. The van der Waals surface area contributed by atoms with Gasteiger partial charge in [0.05, 0.1) is 5.41 Å². The number of benzene rings is 1. The lowest BCUT2D eigenvalue weighted by Gasteiger charge is -2.47. The van der Waals surface area contributed by atoms with Crippen LogP contribution in [0.25, 0.3) is 0 Å². The summed E-state index contributed by atoms with van der Waals surface area (Å²) >= 11 is 0. The van der Waals surface area contributed by atoms with Crippen LogP contribution in [0.2, 0.25) is 0 Å². The van der Waals surface area contributed by atoms with Crippen LogP contribution in [-0.2, 0) is 9.36 Å². The van der Waals surface area contributed by atoms with Gasteiger partial charge in [-0.3, -0.25) is 14.2 Å². The molecular weight excluding hydrogens is 347 g/mol. The summed E-state index contributed by atoms with van der Waals surface area (Å²) < 4.78 is 8.06. The highest BCUT2D eigenvalue weighted by atomic mass is 31.0. The topological polar surface area (TPSA) is 71.4 Å². The molecule has 0 radical (unpaired) electrons. The minimum atomic E-state index is -1.02. The predicted octanol–water partition coefficient (Wildman–Crippen LogP) is 5.72. The Bertz CT molecular complexity index is 654. The second-order valence-electron chi connectivity index (χ2n) is 7.74. The second-order valence-corrected chi connectivity index (χ2v) is 7.74. The van der Waals surface area contributed by atoms with Gasteiger partial charge in [0.1, 0.15) is 9.12 Å². The van der Waals surface area contributed by atoms with Gasteiger partial charge < -0.3 is 5.11 Å². The summed E-state index contributed by atoms with van der Waals surface area (Å²) in [5, 5.41) is 9.98. The predicted molar refractivity (Wildman–Crippen MR) is 106 cm³/mol. The molecule has 1 aromatic rings. The Hall–Kier alpha value is -1.54. The van der Waals surface area contributed by atoms with E-state index in [9.17, 15) is 14.7 Å². The normalized spacial score (nSPS) is 18.2. The molecular formula is C21H31O4P. The molecule has 1 atom stereocenters. The number of carboxylic acids is 1. The van der Waals surface area contributed by atoms with Crippen LogP contribution >= 0.6 is 9.12 Å². The highest BCUT2D eigenvalue weighted by Gasteiger charge is 2.57. The Kier molecular flexibility index (Phi) is 7.70. The maximum Gasteiger partial charge on any atom is 0.310 e. The molecule has 2 rings (SSSR count). The number of hydrogen-bond acceptors (Lipinski definition) is 3. The van der Waals surface area contributed by atoms with Crippen LogP contribution in [0.1, 0.15) is 79.4 Å². The molecule has 0 heterocycles. The number of aliphatic carboxylic acids is 1. The number of rotatable bonds is 5. The summed E-state index contributed by atoms with van der Waals surface area (Å²) in [4.78, 5) is 25.9. The third-order valence-corrected chi connectivity index (χ3v) is 6.28. The van der Waals surface area contributed by atoms with Gasteiger partial charge in [0.15, 0.2) is 5.78 Å². The largest absolute Gasteiger partial charge is 0.481 e. The van der Waals surface area contributed by atoms with Crippen molar-refractivity contribution < 1.29 is 19.3 Å². The molecule has 1 aliphatic rings. The van der Waals surface area contributed by atoms with Crippen LogP contribution in [0.3, 0.4) is 0 Å². The van der Waals surface area contributed by atoms with E-state index in [4.69, 9.17) is 4.57 Å². The summed E-state index contributed by atoms with van der Waals surface area (Å²) in [6.07, 6.45) is 4.76. The third-order valence-electron chi connectivity index (χ3n) is 6.28. The molecule has 0 spiro atoms. The average Bonchev–Trinajstić information content (AvgIpc) is 2.62. The van der Waals surface area contributed by atoms with Crippen LogP contribution in [0.4, 0.5) is 0 Å². The van der Waals surface area contributed by atoms with Crippen molar-refractivity contribution in [2.75, 3.05) is 0 Å². The molecule has 26 heavy (non-hydrogen) atoms. The minimum Gasteiger partial charge on any atom is -0.481 e. The number of ketones is 1. The van der Waals surface area contributed by atoms with Crippen molar-refractivity contribution in [1.29, 1.82) is 0 Å². The van der Waals surface area contributed by atoms with E-state index < -0.39 is 16.8 Å². The molecule has 0 saturated heterocycles.